The Morgan fingerprint density at radius 3 is 2.58 bits per heavy atom. The number of rotatable bonds is 4. The zero-order chi connectivity index (χ0) is 23.0. The summed E-state index contributed by atoms with van der Waals surface area (Å²) in [6, 6.07) is 12.2. The number of ether oxygens (including phenoxy) is 1. The Morgan fingerprint density at radius 1 is 1.23 bits per heavy atom. The molecule has 0 saturated carbocycles. The average molecular weight is 432 g/mol. The number of anilines is 2. The van der Waals surface area contributed by atoms with Crippen LogP contribution in [0.1, 0.15) is 11.3 Å². The number of aryl methyl sites for hydroxylation is 1. The van der Waals surface area contributed by atoms with Crippen LogP contribution in [-0.4, -0.2) is 30.8 Å². The van der Waals surface area contributed by atoms with Gasteiger partial charge in [-0.25, -0.2) is 0 Å². The number of nitrogens with zero attached hydrogens (tertiary/aromatic N) is 1. The van der Waals surface area contributed by atoms with Crippen molar-refractivity contribution in [1.29, 1.82) is 0 Å². The molecule has 5 N–H and O–H groups in total. The minimum absolute atomic E-state index is 0.250. The third-order valence-corrected chi connectivity index (χ3v) is 4.26. The van der Waals surface area contributed by atoms with Gasteiger partial charge in [0, 0.05) is 11.1 Å². The van der Waals surface area contributed by atoms with E-state index in [1.807, 2.05) is 25.1 Å². The minimum atomic E-state index is -4.36. The van der Waals surface area contributed by atoms with Crippen LogP contribution >= 0.6 is 0 Å². The number of carbonyl (C=O) groups is 1. The molecule has 1 amide bonds. The lowest BCUT2D eigenvalue weighted by molar-refractivity contribution is -0.140. The highest BCUT2D eigenvalue weighted by Crippen LogP contribution is 2.28. The Morgan fingerprint density at radius 2 is 1.94 bits per heavy atom. The number of nitrogens with two attached hydrogens (primary N) is 2. The summed E-state index contributed by atoms with van der Waals surface area (Å²) in [6.45, 7) is 1.09. The maximum atomic E-state index is 13.0. The molecule has 1 aromatic heterocycles. The highest BCUT2D eigenvalue weighted by atomic mass is 19.4. The molecule has 2 aromatic carbocycles. The lowest BCUT2D eigenvalue weighted by Crippen LogP contribution is -2.18. The third kappa shape index (κ3) is 6.34. The maximum Gasteiger partial charge on any atom is 0.406 e. The average Bonchev–Trinajstić information content (AvgIpc) is 3.04. The molecule has 3 aromatic rings. The molecule has 0 unspecified atom stereocenters. The quantitative estimate of drug-likeness (QED) is 0.333. The van der Waals surface area contributed by atoms with Crippen LogP contribution in [-0.2, 0) is 11.3 Å². The van der Waals surface area contributed by atoms with Gasteiger partial charge in [0.2, 0.25) is 6.41 Å². The number of hydrogen-bond donors (Lipinski definition) is 3. The van der Waals surface area contributed by atoms with E-state index in [9.17, 15) is 13.2 Å². The Labute approximate surface area is 178 Å². The molecule has 164 valence electrons. The number of aromatic nitrogens is 1. The number of nitrogens with one attached hydrogen (secondary N) is 1. The Hall–Kier alpha value is -3.80. The van der Waals surface area contributed by atoms with Gasteiger partial charge in [-0.3, -0.25) is 4.79 Å². The van der Waals surface area contributed by atoms with E-state index in [4.69, 9.17) is 15.3 Å². The number of primary amides is 1. The molecule has 0 radical (unpaired) electrons. The second-order valence-corrected chi connectivity index (χ2v) is 6.51. The minimum Gasteiger partial charge on any atom is -0.495 e. The van der Waals surface area contributed by atoms with Gasteiger partial charge in [-0.05, 0) is 48.7 Å². The molecule has 0 fully saturated rings. The summed E-state index contributed by atoms with van der Waals surface area (Å²) in [6.07, 6.45) is -4.11. The fourth-order valence-electron chi connectivity index (χ4n) is 2.98. The first-order valence-electron chi connectivity index (χ1n) is 9.17. The smallest absolute Gasteiger partial charge is 0.406 e. The van der Waals surface area contributed by atoms with Gasteiger partial charge in [-0.15, -0.1) is 0 Å². The molecule has 0 atom stereocenters. The van der Waals surface area contributed by atoms with E-state index in [2.05, 4.69) is 22.9 Å². The second-order valence-electron chi connectivity index (χ2n) is 6.51. The summed E-state index contributed by atoms with van der Waals surface area (Å²) in [7, 11) is 1.58. The first-order chi connectivity index (χ1) is 14.7. The molecule has 0 aliphatic carbocycles. The number of amides is 1. The number of benzene rings is 2. The molecule has 3 rings (SSSR count). The van der Waals surface area contributed by atoms with Crippen molar-refractivity contribution < 1.29 is 22.7 Å². The summed E-state index contributed by atoms with van der Waals surface area (Å²) >= 11 is 0. The van der Waals surface area contributed by atoms with E-state index >= 15 is 0 Å². The van der Waals surface area contributed by atoms with Crippen molar-refractivity contribution in [1.82, 2.24) is 4.57 Å². The SMILES string of the molecule is COc1cc(C)ccc1NCC#Cc1cc2c(N)cccc2n1CC(F)(F)F.NC=O. The lowest BCUT2D eigenvalue weighted by Gasteiger charge is -2.11. The summed E-state index contributed by atoms with van der Waals surface area (Å²) in [5.74, 6) is 6.38. The van der Waals surface area contributed by atoms with Crippen LogP contribution < -0.4 is 21.5 Å². The van der Waals surface area contributed by atoms with Gasteiger partial charge in [-0.1, -0.05) is 18.1 Å². The number of alkyl halides is 3. The van der Waals surface area contributed by atoms with Gasteiger partial charge in [0.15, 0.2) is 0 Å². The molecule has 0 bridgehead atoms. The molecule has 0 aliphatic rings. The van der Waals surface area contributed by atoms with Crippen LogP contribution in [0.15, 0.2) is 42.5 Å². The molecule has 1 heterocycles. The standard InChI is InChI=1S/C21H20F3N3O.CH3NO/c1-14-8-9-18(20(11-14)28-2)26-10-4-5-15-12-16-17(25)6-3-7-19(16)27(15)13-21(22,23)24;2-1-3/h3,6-9,11-12,26H,10,13,25H2,1-2H3;1H,(H2,2,3). The predicted octanol–water partition coefficient (Wildman–Crippen LogP) is 3.67. The van der Waals surface area contributed by atoms with Crippen molar-refractivity contribution in [2.75, 3.05) is 24.7 Å². The fourth-order valence-corrected chi connectivity index (χ4v) is 2.98. The van der Waals surface area contributed by atoms with E-state index in [-0.39, 0.29) is 18.6 Å². The van der Waals surface area contributed by atoms with E-state index in [0.717, 1.165) is 15.8 Å². The highest BCUT2D eigenvalue weighted by Gasteiger charge is 2.29. The van der Waals surface area contributed by atoms with Gasteiger partial charge in [0.25, 0.3) is 0 Å². The van der Waals surface area contributed by atoms with Crippen molar-refractivity contribution in [3.05, 3.63) is 53.7 Å². The fraction of sp³-hybridized carbons (Fsp3) is 0.227. The van der Waals surface area contributed by atoms with Crippen LogP contribution in [0.25, 0.3) is 10.9 Å². The van der Waals surface area contributed by atoms with Crippen LogP contribution in [0.3, 0.4) is 0 Å². The molecule has 31 heavy (non-hydrogen) atoms. The van der Waals surface area contributed by atoms with E-state index in [1.165, 1.54) is 0 Å². The van der Waals surface area contributed by atoms with Crippen molar-refractivity contribution in [2.45, 2.75) is 19.6 Å². The Balaban J connectivity index is 0.00000107. The molecule has 0 saturated heterocycles. The summed E-state index contributed by atoms with van der Waals surface area (Å²) < 4.78 is 45.5. The molecule has 9 heteroatoms. The van der Waals surface area contributed by atoms with Gasteiger partial charge >= 0.3 is 6.18 Å². The van der Waals surface area contributed by atoms with Gasteiger partial charge in [-0.2, -0.15) is 13.2 Å². The number of halogens is 3. The first-order valence-corrected chi connectivity index (χ1v) is 9.17. The molecule has 6 nitrogen and oxygen atoms in total. The number of carbonyl (C=O) groups excluding carboxylic acids is 1. The number of hydrogen-bond acceptors (Lipinski definition) is 4. The van der Waals surface area contributed by atoms with E-state index in [0.29, 0.717) is 22.3 Å². The van der Waals surface area contributed by atoms with Crippen LogP contribution in [0.2, 0.25) is 0 Å². The zero-order valence-corrected chi connectivity index (χ0v) is 17.1. The lowest BCUT2D eigenvalue weighted by atomic mass is 10.2. The molecule has 0 aliphatic heterocycles. The number of fused-ring (bicyclic) bond motifs is 1. The molecule has 0 spiro atoms. The predicted molar refractivity (Wildman–Crippen MR) is 116 cm³/mol. The van der Waals surface area contributed by atoms with E-state index in [1.54, 1.807) is 31.4 Å². The molecular weight excluding hydrogens is 409 g/mol. The summed E-state index contributed by atoms with van der Waals surface area (Å²) in [5, 5.41) is 3.68. The van der Waals surface area contributed by atoms with Crippen LogP contribution in [0, 0.1) is 18.8 Å². The number of nitrogen functional groups attached to an aromatic ring is 1. The van der Waals surface area contributed by atoms with Gasteiger partial charge in [0.05, 0.1) is 30.6 Å². The first kappa shape index (κ1) is 23.5. The topological polar surface area (TPSA) is 95.3 Å². The normalized spacial score (nSPS) is 10.5. The van der Waals surface area contributed by atoms with Gasteiger partial charge in [0.1, 0.15) is 12.3 Å². The zero-order valence-electron chi connectivity index (χ0n) is 17.1. The van der Waals surface area contributed by atoms with Crippen molar-refractivity contribution in [3.8, 4) is 17.6 Å². The molecular formula is C22H23F3N4O2. The highest BCUT2D eigenvalue weighted by molar-refractivity contribution is 5.92. The van der Waals surface area contributed by atoms with Crippen LogP contribution in [0.4, 0.5) is 24.5 Å². The van der Waals surface area contributed by atoms with Crippen LogP contribution in [0.5, 0.6) is 5.75 Å². The second kappa shape index (κ2) is 10.3. The van der Waals surface area contributed by atoms with Crippen molar-refractivity contribution in [3.63, 3.8) is 0 Å². The van der Waals surface area contributed by atoms with Gasteiger partial charge < -0.3 is 26.1 Å². The Bertz CT molecular complexity index is 1110. The van der Waals surface area contributed by atoms with Crippen molar-refractivity contribution >= 4 is 28.7 Å². The van der Waals surface area contributed by atoms with Crippen molar-refractivity contribution in [2.24, 2.45) is 5.73 Å². The summed E-state index contributed by atoms with van der Waals surface area (Å²) in [5.41, 5.74) is 13.0. The van der Waals surface area contributed by atoms with E-state index < -0.39 is 12.7 Å². The third-order valence-electron chi connectivity index (χ3n) is 4.26. The number of methoxy groups -OCH3 is 1. The largest absolute Gasteiger partial charge is 0.495 e. The monoisotopic (exact) mass is 432 g/mol. The summed E-state index contributed by atoms with van der Waals surface area (Å²) in [4.78, 5) is 8.58. The maximum absolute atomic E-state index is 13.0. The Kier molecular flexibility index (Phi) is 7.80.